The first-order chi connectivity index (χ1) is 15.1. The summed E-state index contributed by atoms with van der Waals surface area (Å²) in [6.07, 6.45) is 8.81. The fraction of sp³-hybridized carbons (Fsp3) is 0.417. The van der Waals surface area contributed by atoms with E-state index in [0.29, 0.717) is 18.4 Å². The molecule has 1 atom stereocenters. The molecular formula is C24H27N5O2. The molecule has 1 aliphatic heterocycles. The van der Waals surface area contributed by atoms with Crippen molar-refractivity contribution in [2.75, 3.05) is 18.4 Å². The number of aryl methyl sites for hydroxylation is 1. The van der Waals surface area contributed by atoms with E-state index in [1.807, 2.05) is 48.2 Å². The van der Waals surface area contributed by atoms with Gasteiger partial charge in [-0.15, -0.1) is 0 Å². The number of benzene rings is 1. The number of hydrogen-bond donors (Lipinski definition) is 1. The molecular weight excluding hydrogens is 390 g/mol. The maximum Gasteiger partial charge on any atom is 0.321 e. The van der Waals surface area contributed by atoms with E-state index >= 15 is 0 Å². The summed E-state index contributed by atoms with van der Waals surface area (Å²) < 4.78 is 5.63. The standard InChI is InChI=1S/C24H27N5O2/c1-17-5-2-3-6-20(17)26-23(30)29-14-4-11-24(16-29,15-18-7-8-18)22-27-21(31-28-22)19-9-12-25-13-10-19/h2-3,5-6,9-10,12-13,18H,4,7-8,11,14-16H2,1H3,(H,26,30). The van der Waals surface area contributed by atoms with Crippen LogP contribution in [0.1, 0.15) is 43.5 Å². The number of piperidine rings is 1. The Kier molecular flexibility index (Phi) is 5.18. The number of pyridine rings is 1. The topological polar surface area (TPSA) is 84.2 Å². The number of carbonyl (C=O) groups excluding carboxylic acids is 1. The van der Waals surface area contributed by atoms with Gasteiger partial charge in [0, 0.05) is 36.7 Å². The number of nitrogens with one attached hydrogen (secondary N) is 1. The zero-order chi connectivity index (χ0) is 21.3. The van der Waals surface area contributed by atoms with Gasteiger partial charge >= 0.3 is 6.03 Å². The lowest BCUT2D eigenvalue weighted by Crippen LogP contribution is -2.50. The molecule has 1 N–H and O–H groups in total. The van der Waals surface area contributed by atoms with Crippen molar-refractivity contribution in [3.8, 4) is 11.5 Å². The first kappa shape index (κ1) is 19.7. The van der Waals surface area contributed by atoms with Crippen LogP contribution >= 0.6 is 0 Å². The number of anilines is 1. The summed E-state index contributed by atoms with van der Waals surface area (Å²) in [6.45, 7) is 3.35. The highest BCUT2D eigenvalue weighted by molar-refractivity contribution is 5.90. The molecule has 2 aliphatic rings. The number of aromatic nitrogens is 3. The molecule has 3 heterocycles. The van der Waals surface area contributed by atoms with Crippen LogP contribution in [0.3, 0.4) is 0 Å². The molecule has 7 heteroatoms. The number of amides is 2. The van der Waals surface area contributed by atoms with E-state index in [-0.39, 0.29) is 11.4 Å². The van der Waals surface area contributed by atoms with E-state index in [1.165, 1.54) is 12.8 Å². The third-order valence-electron chi connectivity index (χ3n) is 6.45. The summed E-state index contributed by atoms with van der Waals surface area (Å²) in [5, 5.41) is 7.48. The van der Waals surface area contributed by atoms with Gasteiger partial charge in [0.25, 0.3) is 5.89 Å². The van der Waals surface area contributed by atoms with Crippen LogP contribution in [0.25, 0.3) is 11.5 Å². The maximum atomic E-state index is 13.1. The monoisotopic (exact) mass is 417 g/mol. The minimum absolute atomic E-state index is 0.0629. The molecule has 1 saturated carbocycles. The molecule has 0 spiro atoms. The van der Waals surface area contributed by atoms with Gasteiger partial charge in [-0.05, 0) is 55.9 Å². The number of para-hydroxylation sites is 1. The highest BCUT2D eigenvalue weighted by atomic mass is 16.5. The second-order valence-electron chi connectivity index (χ2n) is 8.86. The molecule has 31 heavy (non-hydrogen) atoms. The predicted octanol–water partition coefficient (Wildman–Crippen LogP) is 4.81. The van der Waals surface area contributed by atoms with Crippen LogP contribution in [-0.4, -0.2) is 39.1 Å². The van der Waals surface area contributed by atoms with E-state index < -0.39 is 0 Å². The summed E-state index contributed by atoms with van der Waals surface area (Å²) in [5.74, 6) is 1.91. The van der Waals surface area contributed by atoms with Crippen LogP contribution in [0.2, 0.25) is 0 Å². The van der Waals surface area contributed by atoms with Crippen molar-refractivity contribution < 1.29 is 9.32 Å². The number of urea groups is 1. The zero-order valence-corrected chi connectivity index (χ0v) is 17.8. The Labute approximate surface area is 181 Å². The lowest BCUT2D eigenvalue weighted by atomic mass is 9.75. The maximum absolute atomic E-state index is 13.1. The molecule has 2 amide bonds. The zero-order valence-electron chi connectivity index (χ0n) is 17.8. The molecule has 0 radical (unpaired) electrons. The molecule has 7 nitrogen and oxygen atoms in total. The average molecular weight is 418 g/mol. The third kappa shape index (κ3) is 4.17. The van der Waals surface area contributed by atoms with E-state index in [4.69, 9.17) is 9.51 Å². The Morgan fingerprint density at radius 3 is 2.81 bits per heavy atom. The second-order valence-corrected chi connectivity index (χ2v) is 8.86. The third-order valence-corrected chi connectivity index (χ3v) is 6.45. The molecule has 0 bridgehead atoms. The van der Waals surface area contributed by atoms with Crippen LogP contribution in [0.5, 0.6) is 0 Å². The van der Waals surface area contributed by atoms with Gasteiger partial charge in [0.15, 0.2) is 5.82 Å². The normalized spacial score (nSPS) is 21.1. The van der Waals surface area contributed by atoms with Gasteiger partial charge in [-0.25, -0.2) is 4.79 Å². The lowest BCUT2D eigenvalue weighted by Gasteiger charge is -2.41. The minimum Gasteiger partial charge on any atom is -0.334 e. The Morgan fingerprint density at radius 2 is 2.03 bits per heavy atom. The highest BCUT2D eigenvalue weighted by Gasteiger charge is 2.45. The molecule has 2 aromatic heterocycles. The average Bonchev–Trinajstić information content (AvgIpc) is 3.46. The van der Waals surface area contributed by atoms with Gasteiger partial charge in [-0.2, -0.15) is 4.98 Å². The van der Waals surface area contributed by atoms with Gasteiger partial charge in [-0.1, -0.05) is 36.2 Å². The largest absolute Gasteiger partial charge is 0.334 e. The second kappa shape index (κ2) is 8.13. The minimum atomic E-state index is -0.267. The molecule has 1 aliphatic carbocycles. The summed E-state index contributed by atoms with van der Waals surface area (Å²) >= 11 is 0. The Bertz CT molecular complexity index is 1060. The van der Waals surface area contributed by atoms with Crippen LogP contribution < -0.4 is 5.32 Å². The Hall–Kier alpha value is -3.22. The lowest BCUT2D eigenvalue weighted by molar-refractivity contribution is 0.143. The number of likely N-dealkylation sites (tertiary alicyclic amines) is 1. The number of carbonyl (C=O) groups is 1. The van der Waals surface area contributed by atoms with Crippen LogP contribution in [0.15, 0.2) is 53.3 Å². The predicted molar refractivity (Wildman–Crippen MR) is 118 cm³/mol. The van der Waals surface area contributed by atoms with Gasteiger partial charge in [0.05, 0.1) is 5.41 Å². The molecule has 1 aromatic carbocycles. The van der Waals surface area contributed by atoms with Crippen molar-refractivity contribution in [2.24, 2.45) is 5.92 Å². The van der Waals surface area contributed by atoms with Gasteiger partial charge < -0.3 is 14.7 Å². The molecule has 3 aromatic rings. The van der Waals surface area contributed by atoms with Crippen molar-refractivity contribution in [3.63, 3.8) is 0 Å². The van der Waals surface area contributed by atoms with Crippen molar-refractivity contribution in [3.05, 3.63) is 60.2 Å². The van der Waals surface area contributed by atoms with Crippen LogP contribution in [-0.2, 0) is 5.41 Å². The SMILES string of the molecule is Cc1ccccc1NC(=O)N1CCCC(CC2CC2)(c2noc(-c3ccncc3)n2)C1. The Morgan fingerprint density at radius 1 is 1.23 bits per heavy atom. The number of nitrogens with zero attached hydrogens (tertiary/aromatic N) is 4. The van der Waals surface area contributed by atoms with E-state index in [9.17, 15) is 4.79 Å². The fourth-order valence-corrected chi connectivity index (χ4v) is 4.58. The van der Waals surface area contributed by atoms with Gasteiger partial charge in [0.2, 0.25) is 0 Å². The smallest absolute Gasteiger partial charge is 0.321 e. The molecule has 1 saturated heterocycles. The van der Waals surface area contributed by atoms with Crippen molar-refractivity contribution >= 4 is 11.7 Å². The van der Waals surface area contributed by atoms with Crippen LogP contribution in [0, 0.1) is 12.8 Å². The van der Waals surface area contributed by atoms with E-state index in [0.717, 1.165) is 48.4 Å². The summed E-state index contributed by atoms with van der Waals surface area (Å²) in [5.41, 5.74) is 2.50. The highest BCUT2D eigenvalue weighted by Crippen LogP contribution is 2.46. The van der Waals surface area contributed by atoms with Gasteiger partial charge in [0.1, 0.15) is 0 Å². The van der Waals surface area contributed by atoms with E-state index in [2.05, 4.69) is 15.5 Å². The molecule has 1 unspecified atom stereocenters. The van der Waals surface area contributed by atoms with Crippen molar-refractivity contribution in [1.82, 2.24) is 20.0 Å². The first-order valence-corrected chi connectivity index (χ1v) is 11.0. The molecule has 5 rings (SSSR count). The molecule has 2 fully saturated rings. The number of hydrogen-bond acceptors (Lipinski definition) is 5. The molecule has 160 valence electrons. The van der Waals surface area contributed by atoms with Gasteiger partial charge in [-0.3, -0.25) is 4.98 Å². The van der Waals surface area contributed by atoms with Crippen molar-refractivity contribution in [2.45, 2.75) is 44.4 Å². The van der Waals surface area contributed by atoms with Crippen molar-refractivity contribution in [1.29, 1.82) is 0 Å². The van der Waals surface area contributed by atoms with E-state index in [1.54, 1.807) is 12.4 Å². The summed E-state index contributed by atoms with van der Waals surface area (Å²) in [7, 11) is 0. The number of rotatable bonds is 5. The van der Waals surface area contributed by atoms with Crippen LogP contribution in [0.4, 0.5) is 10.5 Å². The quantitative estimate of drug-likeness (QED) is 0.644. The Balaban J connectivity index is 1.40. The first-order valence-electron chi connectivity index (χ1n) is 11.0. The summed E-state index contributed by atoms with van der Waals surface area (Å²) in [4.78, 5) is 23.9. The fourth-order valence-electron chi connectivity index (χ4n) is 4.58. The summed E-state index contributed by atoms with van der Waals surface area (Å²) in [6, 6.07) is 11.5.